The molecule has 0 heterocycles. The number of rotatable bonds is 7. The number of anilines is 1. The van der Waals surface area contributed by atoms with Crippen LogP contribution in [0.25, 0.3) is 0 Å². The van der Waals surface area contributed by atoms with Crippen LogP contribution in [-0.4, -0.2) is 35.2 Å². The normalized spacial score (nSPS) is 12.2. The first kappa shape index (κ1) is 23.0. The van der Waals surface area contributed by atoms with Crippen molar-refractivity contribution in [3.05, 3.63) is 89.5 Å². The summed E-state index contributed by atoms with van der Waals surface area (Å²) >= 11 is 0. The summed E-state index contributed by atoms with van der Waals surface area (Å²) in [6.45, 7) is 3.62. The van der Waals surface area contributed by atoms with Crippen LogP contribution in [0.4, 0.5) is 5.69 Å². The van der Waals surface area contributed by atoms with Gasteiger partial charge in [-0.3, -0.25) is 4.31 Å². The lowest BCUT2D eigenvalue weighted by molar-refractivity contribution is 0.466. The predicted molar refractivity (Wildman–Crippen MR) is 123 cm³/mol. The van der Waals surface area contributed by atoms with E-state index in [4.69, 9.17) is 0 Å². The van der Waals surface area contributed by atoms with E-state index in [1.807, 2.05) is 30.3 Å². The molecule has 0 unspecified atom stereocenters. The van der Waals surface area contributed by atoms with Crippen molar-refractivity contribution in [2.24, 2.45) is 0 Å². The van der Waals surface area contributed by atoms with E-state index < -0.39 is 20.0 Å². The van der Waals surface area contributed by atoms with Gasteiger partial charge in [0.05, 0.1) is 15.5 Å². The summed E-state index contributed by atoms with van der Waals surface area (Å²) in [5.41, 5.74) is 2.28. The minimum atomic E-state index is -3.84. The van der Waals surface area contributed by atoms with Crippen molar-refractivity contribution in [2.75, 3.05) is 18.4 Å². The van der Waals surface area contributed by atoms with Gasteiger partial charge in [-0.05, 0) is 48.7 Å². The fourth-order valence-electron chi connectivity index (χ4n) is 3.55. The van der Waals surface area contributed by atoms with E-state index in [9.17, 15) is 16.8 Å². The first-order valence-electron chi connectivity index (χ1n) is 9.71. The molecule has 0 aromatic heterocycles. The zero-order valence-electron chi connectivity index (χ0n) is 18.0. The molecule has 0 bridgehead atoms. The Labute approximate surface area is 184 Å². The average Bonchev–Trinajstić information content (AvgIpc) is 2.74. The highest BCUT2D eigenvalue weighted by Gasteiger charge is 2.29. The Balaban J connectivity index is 2.04. The molecule has 6 nitrogen and oxygen atoms in total. The maximum Gasteiger partial charge on any atom is 0.264 e. The average molecular weight is 459 g/mol. The molecule has 3 aromatic carbocycles. The fourth-order valence-corrected chi connectivity index (χ4v) is 6.26. The second-order valence-electron chi connectivity index (χ2n) is 7.39. The molecule has 0 aliphatic carbocycles. The van der Waals surface area contributed by atoms with Crippen molar-refractivity contribution in [3.63, 3.8) is 0 Å². The van der Waals surface area contributed by atoms with Crippen LogP contribution < -0.4 is 4.31 Å². The summed E-state index contributed by atoms with van der Waals surface area (Å²) < 4.78 is 55.3. The Bertz CT molecular complexity index is 1270. The smallest absolute Gasteiger partial charge is 0.264 e. The molecule has 0 fully saturated rings. The molecule has 0 saturated carbocycles. The quantitative estimate of drug-likeness (QED) is 0.537. The minimum Gasteiger partial charge on any atom is -0.269 e. The van der Waals surface area contributed by atoms with E-state index in [2.05, 4.69) is 0 Å². The van der Waals surface area contributed by atoms with Gasteiger partial charge < -0.3 is 0 Å². The van der Waals surface area contributed by atoms with E-state index in [1.165, 1.54) is 36.6 Å². The van der Waals surface area contributed by atoms with Crippen molar-refractivity contribution in [3.8, 4) is 0 Å². The summed E-state index contributed by atoms with van der Waals surface area (Å²) in [7, 11) is -4.72. The van der Waals surface area contributed by atoms with E-state index in [-0.39, 0.29) is 16.3 Å². The molecule has 0 aliphatic rings. The molecule has 0 aliphatic heterocycles. The number of sulfonamides is 2. The van der Waals surface area contributed by atoms with Crippen LogP contribution in [0.15, 0.2) is 82.6 Å². The molecular weight excluding hydrogens is 432 g/mol. The van der Waals surface area contributed by atoms with Gasteiger partial charge in [0.1, 0.15) is 0 Å². The Kier molecular flexibility index (Phi) is 6.54. The van der Waals surface area contributed by atoms with Gasteiger partial charge in [-0.15, -0.1) is 0 Å². The standard InChI is InChI=1S/C23H26N2O4S2/c1-18-15-16-22(31(28,29)24(3)17-20-11-7-5-8-12-20)19(2)23(18)25(4)30(26,27)21-13-9-6-10-14-21/h5-16H,17H2,1-4H3. The van der Waals surface area contributed by atoms with Crippen molar-refractivity contribution < 1.29 is 16.8 Å². The SMILES string of the molecule is Cc1ccc(S(=O)(=O)N(C)Cc2ccccc2)c(C)c1N(C)S(=O)(=O)c1ccccc1. The Hall–Kier alpha value is -2.68. The van der Waals surface area contributed by atoms with E-state index in [0.29, 0.717) is 16.8 Å². The summed E-state index contributed by atoms with van der Waals surface area (Å²) in [5, 5.41) is 0. The van der Waals surface area contributed by atoms with Gasteiger partial charge in [-0.2, -0.15) is 4.31 Å². The van der Waals surface area contributed by atoms with Gasteiger partial charge >= 0.3 is 0 Å². The van der Waals surface area contributed by atoms with E-state index >= 15 is 0 Å². The van der Waals surface area contributed by atoms with Crippen molar-refractivity contribution in [2.45, 2.75) is 30.2 Å². The van der Waals surface area contributed by atoms with Crippen LogP contribution in [0.5, 0.6) is 0 Å². The molecular formula is C23H26N2O4S2. The van der Waals surface area contributed by atoms with Crippen LogP contribution >= 0.6 is 0 Å². The molecule has 0 saturated heterocycles. The van der Waals surface area contributed by atoms with Crippen molar-refractivity contribution >= 4 is 25.7 Å². The molecule has 0 radical (unpaired) electrons. The maximum absolute atomic E-state index is 13.3. The molecule has 164 valence electrons. The van der Waals surface area contributed by atoms with E-state index in [0.717, 1.165) is 9.87 Å². The summed E-state index contributed by atoms with van der Waals surface area (Å²) in [4.78, 5) is 0.229. The third kappa shape index (κ3) is 4.51. The number of hydrogen-bond acceptors (Lipinski definition) is 4. The first-order chi connectivity index (χ1) is 14.6. The third-order valence-electron chi connectivity index (χ3n) is 5.24. The largest absolute Gasteiger partial charge is 0.269 e. The van der Waals surface area contributed by atoms with Gasteiger partial charge in [0.2, 0.25) is 10.0 Å². The molecule has 0 atom stereocenters. The lowest BCUT2D eigenvalue weighted by atomic mass is 10.1. The highest BCUT2D eigenvalue weighted by Crippen LogP contribution is 2.34. The second-order valence-corrected chi connectivity index (χ2v) is 11.4. The Morgan fingerprint density at radius 2 is 1.26 bits per heavy atom. The molecule has 0 spiro atoms. The van der Waals surface area contributed by atoms with Crippen LogP contribution in [0.2, 0.25) is 0 Å². The molecule has 0 amide bonds. The van der Waals surface area contributed by atoms with Gasteiger partial charge in [0, 0.05) is 20.6 Å². The molecule has 31 heavy (non-hydrogen) atoms. The maximum atomic E-state index is 13.3. The van der Waals surface area contributed by atoms with E-state index in [1.54, 1.807) is 38.1 Å². The van der Waals surface area contributed by atoms with Crippen molar-refractivity contribution in [1.29, 1.82) is 0 Å². The van der Waals surface area contributed by atoms with Crippen LogP contribution in [0.3, 0.4) is 0 Å². The number of hydrogen-bond donors (Lipinski definition) is 0. The Morgan fingerprint density at radius 1 is 0.710 bits per heavy atom. The molecule has 3 aromatic rings. The zero-order chi connectivity index (χ0) is 22.8. The van der Waals surface area contributed by atoms with Crippen LogP contribution in [0.1, 0.15) is 16.7 Å². The Morgan fingerprint density at radius 3 is 1.84 bits per heavy atom. The third-order valence-corrected chi connectivity index (χ3v) is 8.96. The lowest BCUT2D eigenvalue weighted by Crippen LogP contribution is -2.30. The lowest BCUT2D eigenvalue weighted by Gasteiger charge is -2.26. The fraction of sp³-hybridized carbons (Fsp3) is 0.217. The molecule has 3 rings (SSSR count). The van der Waals surface area contributed by atoms with Gasteiger partial charge in [-0.25, -0.2) is 16.8 Å². The van der Waals surface area contributed by atoms with Crippen LogP contribution in [-0.2, 0) is 26.6 Å². The summed E-state index contributed by atoms with van der Waals surface area (Å²) in [5.74, 6) is 0. The monoisotopic (exact) mass is 458 g/mol. The topological polar surface area (TPSA) is 74.8 Å². The van der Waals surface area contributed by atoms with Crippen LogP contribution in [0, 0.1) is 13.8 Å². The van der Waals surface area contributed by atoms with Crippen molar-refractivity contribution in [1.82, 2.24) is 4.31 Å². The predicted octanol–water partition coefficient (Wildman–Crippen LogP) is 3.95. The number of benzene rings is 3. The molecule has 8 heteroatoms. The van der Waals surface area contributed by atoms with Gasteiger partial charge in [0.15, 0.2) is 0 Å². The summed E-state index contributed by atoms with van der Waals surface area (Å²) in [6, 6.07) is 20.6. The summed E-state index contributed by atoms with van der Waals surface area (Å²) in [6.07, 6.45) is 0. The van der Waals surface area contributed by atoms with Gasteiger partial charge in [-0.1, -0.05) is 54.6 Å². The zero-order valence-corrected chi connectivity index (χ0v) is 19.6. The second kappa shape index (κ2) is 8.82. The molecule has 0 N–H and O–H groups in total. The number of nitrogens with zero attached hydrogens (tertiary/aromatic N) is 2. The van der Waals surface area contributed by atoms with Gasteiger partial charge in [0.25, 0.3) is 10.0 Å². The highest BCUT2D eigenvalue weighted by atomic mass is 32.2. The number of aryl methyl sites for hydroxylation is 1. The minimum absolute atomic E-state index is 0.0849. The highest BCUT2D eigenvalue weighted by molar-refractivity contribution is 7.92. The first-order valence-corrected chi connectivity index (χ1v) is 12.6.